The number of carbonyl (C=O) groups is 1. The first-order valence-electron chi connectivity index (χ1n) is 5.61. The van der Waals surface area contributed by atoms with E-state index in [1.807, 2.05) is 0 Å². The van der Waals surface area contributed by atoms with Crippen LogP contribution in [0.4, 0.5) is 0 Å². The summed E-state index contributed by atoms with van der Waals surface area (Å²) in [5, 5.41) is 0. The highest BCUT2D eigenvalue weighted by Gasteiger charge is 2.43. The van der Waals surface area contributed by atoms with Crippen LogP contribution in [0.15, 0.2) is 24.3 Å². The summed E-state index contributed by atoms with van der Waals surface area (Å²) in [6.07, 6.45) is 3.34. The van der Waals surface area contributed by atoms with E-state index in [0.29, 0.717) is 6.42 Å². The predicted octanol–water partition coefficient (Wildman–Crippen LogP) is 2.54. The van der Waals surface area contributed by atoms with E-state index in [1.165, 1.54) is 12.8 Å². The molecule has 2 N–H and O–H groups in total. The third-order valence-electron chi connectivity index (χ3n) is 3.42. The number of benzene rings is 1. The molecule has 0 radical (unpaired) electrons. The van der Waals surface area contributed by atoms with Crippen molar-refractivity contribution in [2.24, 2.45) is 5.73 Å². The maximum Gasteiger partial charge on any atom is 0.217 e. The molecule has 2 aliphatic rings. The van der Waals surface area contributed by atoms with Gasteiger partial charge in [-0.3, -0.25) is 4.79 Å². The van der Waals surface area contributed by atoms with Gasteiger partial charge in [0.05, 0.1) is 0 Å². The number of fused-ring (bicyclic) bond motifs is 4. The fraction of sp³-hybridized carbons (Fsp3) is 0.462. The van der Waals surface area contributed by atoms with E-state index in [4.69, 9.17) is 0 Å². The Balaban J connectivity index is 0.000000149. The Kier molecular flexibility index (Phi) is 2.76. The molecule has 1 aromatic carbocycles. The van der Waals surface area contributed by atoms with Crippen LogP contribution in [0.25, 0.3) is 0 Å². The summed E-state index contributed by atoms with van der Waals surface area (Å²) in [4.78, 5) is 9.59. The van der Waals surface area contributed by atoms with Crippen molar-refractivity contribution < 1.29 is 4.79 Å². The molecule has 0 spiro atoms. The molecule has 0 aromatic heterocycles. The summed E-state index contributed by atoms with van der Waals surface area (Å²) in [6, 6.07) is 8.89. The van der Waals surface area contributed by atoms with E-state index >= 15 is 0 Å². The fourth-order valence-electron chi connectivity index (χ4n) is 2.33. The van der Waals surface area contributed by atoms with Gasteiger partial charge >= 0.3 is 0 Å². The zero-order chi connectivity index (χ0) is 10.8. The lowest BCUT2D eigenvalue weighted by Crippen LogP contribution is -2.32. The second-order valence-corrected chi connectivity index (χ2v) is 4.24. The minimum absolute atomic E-state index is 0.245. The highest BCUT2D eigenvalue weighted by Crippen LogP contribution is 2.59. The van der Waals surface area contributed by atoms with Crippen molar-refractivity contribution in [1.82, 2.24) is 0 Å². The van der Waals surface area contributed by atoms with E-state index in [1.54, 1.807) is 18.1 Å². The second kappa shape index (κ2) is 4.05. The monoisotopic (exact) mass is 203 g/mol. The van der Waals surface area contributed by atoms with Crippen LogP contribution in [0.3, 0.4) is 0 Å². The first-order valence-corrected chi connectivity index (χ1v) is 5.61. The maximum absolute atomic E-state index is 9.59. The molecule has 15 heavy (non-hydrogen) atoms. The predicted molar refractivity (Wildman–Crippen MR) is 60.6 cm³/mol. The molecule has 1 fully saturated rings. The fourth-order valence-corrected chi connectivity index (χ4v) is 2.33. The Labute approximate surface area is 90.5 Å². The zero-order valence-corrected chi connectivity index (χ0v) is 9.07. The average Bonchev–Trinajstić information content (AvgIpc) is 2.20. The Hall–Kier alpha value is -1.31. The third-order valence-corrected chi connectivity index (χ3v) is 3.42. The summed E-state index contributed by atoms with van der Waals surface area (Å²) in [6.45, 7) is 1.72. The smallest absolute Gasteiger partial charge is 0.217 e. The molecule has 80 valence electrons. The largest absolute Gasteiger partial charge is 0.370 e. The number of rotatable bonds is 1. The Morgan fingerprint density at radius 3 is 1.93 bits per heavy atom. The molecule has 2 atom stereocenters. The minimum Gasteiger partial charge on any atom is -0.370 e. The SMILES string of the molecule is CCC(N)=O.c1ccc2c(c1)C1CCC21. The van der Waals surface area contributed by atoms with Crippen molar-refractivity contribution in [1.29, 1.82) is 0 Å². The molecule has 0 saturated heterocycles. The van der Waals surface area contributed by atoms with Crippen LogP contribution in [-0.4, -0.2) is 5.91 Å². The molecule has 0 aliphatic heterocycles. The van der Waals surface area contributed by atoms with Crippen molar-refractivity contribution in [2.45, 2.75) is 38.0 Å². The summed E-state index contributed by atoms with van der Waals surface area (Å²) in [5.74, 6) is 1.69. The molecule has 0 heterocycles. The number of primary amides is 1. The number of carbonyl (C=O) groups excluding carboxylic acids is 1. The summed E-state index contributed by atoms with van der Waals surface area (Å²) >= 11 is 0. The van der Waals surface area contributed by atoms with Gasteiger partial charge in [-0.2, -0.15) is 0 Å². The summed E-state index contributed by atoms with van der Waals surface area (Å²) in [7, 11) is 0. The number of nitrogens with two attached hydrogens (primary N) is 1. The van der Waals surface area contributed by atoms with Crippen molar-refractivity contribution in [3.63, 3.8) is 0 Å². The molecule has 1 aromatic rings. The first-order chi connectivity index (χ1) is 7.24. The lowest BCUT2D eigenvalue weighted by Gasteiger charge is -2.48. The molecule has 2 unspecified atom stereocenters. The number of amides is 1. The van der Waals surface area contributed by atoms with E-state index in [0.717, 1.165) is 11.8 Å². The van der Waals surface area contributed by atoms with Gasteiger partial charge in [-0.25, -0.2) is 0 Å². The van der Waals surface area contributed by atoms with Crippen LogP contribution in [0.5, 0.6) is 0 Å². The maximum atomic E-state index is 9.59. The minimum atomic E-state index is -0.245. The Morgan fingerprint density at radius 2 is 1.67 bits per heavy atom. The van der Waals surface area contributed by atoms with Crippen LogP contribution in [-0.2, 0) is 4.79 Å². The molecule has 2 nitrogen and oxygen atoms in total. The third kappa shape index (κ3) is 1.76. The average molecular weight is 203 g/mol. The Morgan fingerprint density at radius 1 is 1.27 bits per heavy atom. The standard InChI is InChI=1S/C10H10.C3H7NO/c1-2-4-8-7(3-1)9-5-6-10(8)9;1-2-3(4)5/h1-4,9-10H,5-6H2;2H2,1H3,(H2,4,5). The van der Waals surface area contributed by atoms with Gasteiger partial charge in [-0.05, 0) is 35.8 Å². The van der Waals surface area contributed by atoms with Crippen molar-refractivity contribution in [3.8, 4) is 0 Å². The molecular formula is C13H17NO. The van der Waals surface area contributed by atoms with Gasteiger partial charge in [0.2, 0.25) is 5.91 Å². The summed E-state index contributed by atoms with van der Waals surface area (Å²) < 4.78 is 0. The molecule has 2 aliphatic carbocycles. The van der Waals surface area contributed by atoms with Crippen LogP contribution in [0, 0.1) is 0 Å². The van der Waals surface area contributed by atoms with Gasteiger partial charge in [-0.1, -0.05) is 31.2 Å². The zero-order valence-electron chi connectivity index (χ0n) is 9.07. The van der Waals surface area contributed by atoms with Crippen LogP contribution < -0.4 is 5.73 Å². The van der Waals surface area contributed by atoms with E-state index < -0.39 is 0 Å². The van der Waals surface area contributed by atoms with E-state index in [2.05, 4.69) is 30.0 Å². The van der Waals surface area contributed by atoms with Crippen LogP contribution >= 0.6 is 0 Å². The lowest BCUT2D eigenvalue weighted by atomic mass is 9.56. The number of hydrogen-bond donors (Lipinski definition) is 1. The van der Waals surface area contributed by atoms with Crippen molar-refractivity contribution in [2.75, 3.05) is 0 Å². The van der Waals surface area contributed by atoms with Crippen molar-refractivity contribution >= 4 is 5.91 Å². The molecule has 0 bridgehead atoms. The topological polar surface area (TPSA) is 43.1 Å². The van der Waals surface area contributed by atoms with Crippen molar-refractivity contribution in [3.05, 3.63) is 35.4 Å². The molecule has 1 saturated carbocycles. The quantitative estimate of drug-likeness (QED) is 0.748. The highest BCUT2D eigenvalue weighted by atomic mass is 16.1. The van der Waals surface area contributed by atoms with Gasteiger partial charge in [0.25, 0.3) is 0 Å². The second-order valence-electron chi connectivity index (χ2n) is 4.24. The Bertz CT molecular complexity index is 344. The summed E-state index contributed by atoms with van der Waals surface area (Å²) in [5.41, 5.74) is 7.93. The van der Waals surface area contributed by atoms with Gasteiger partial charge in [0.15, 0.2) is 0 Å². The molecular weight excluding hydrogens is 186 g/mol. The normalized spacial score (nSPS) is 24.6. The van der Waals surface area contributed by atoms with Gasteiger partial charge in [-0.15, -0.1) is 0 Å². The van der Waals surface area contributed by atoms with E-state index in [9.17, 15) is 4.79 Å². The lowest BCUT2D eigenvalue weighted by molar-refractivity contribution is -0.117. The molecule has 1 amide bonds. The van der Waals surface area contributed by atoms with Crippen LogP contribution in [0.1, 0.15) is 49.1 Å². The van der Waals surface area contributed by atoms with Crippen LogP contribution in [0.2, 0.25) is 0 Å². The number of hydrogen-bond acceptors (Lipinski definition) is 1. The van der Waals surface area contributed by atoms with Gasteiger partial charge in [0, 0.05) is 6.42 Å². The molecule has 3 rings (SSSR count). The molecule has 2 heteroatoms. The van der Waals surface area contributed by atoms with E-state index in [-0.39, 0.29) is 5.91 Å². The van der Waals surface area contributed by atoms with Gasteiger partial charge in [0.1, 0.15) is 0 Å². The highest BCUT2D eigenvalue weighted by molar-refractivity contribution is 5.73. The van der Waals surface area contributed by atoms with Gasteiger partial charge < -0.3 is 5.73 Å². The first kappa shape index (κ1) is 10.2.